The number of benzene rings is 1. The molecule has 3 rings (SSSR count). The summed E-state index contributed by atoms with van der Waals surface area (Å²) in [6.07, 6.45) is 5.05. The van der Waals surface area contributed by atoms with Gasteiger partial charge < -0.3 is 10.2 Å². The Morgan fingerprint density at radius 3 is 2.84 bits per heavy atom. The Balaban J connectivity index is 1.72. The van der Waals surface area contributed by atoms with E-state index in [0.29, 0.717) is 12.0 Å². The average Bonchev–Trinajstić information content (AvgIpc) is 3.20. The Labute approximate surface area is 115 Å². The van der Waals surface area contributed by atoms with E-state index >= 15 is 0 Å². The number of nitrogens with one attached hydrogen (secondary N) is 1. The average molecular weight is 262 g/mol. The fourth-order valence-electron chi connectivity index (χ4n) is 2.89. The van der Waals surface area contributed by atoms with Crippen LogP contribution in [-0.2, 0) is 6.54 Å². The molecule has 0 spiro atoms. The van der Waals surface area contributed by atoms with Crippen LogP contribution in [0.5, 0.6) is 0 Å². The zero-order chi connectivity index (χ0) is 13.2. The summed E-state index contributed by atoms with van der Waals surface area (Å²) < 4.78 is 13.8. The molecule has 104 valence electrons. The molecule has 1 atom stereocenters. The Morgan fingerprint density at radius 2 is 2.11 bits per heavy atom. The van der Waals surface area contributed by atoms with Crippen molar-refractivity contribution in [2.45, 2.75) is 45.2 Å². The van der Waals surface area contributed by atoms with Crippen molar-refractivity contribution in [2.24, 2.45) is 5.92 Å². The van der Waals surface area contributed by atoms with Gasteiger partial charge in [-0.15, -0.1) is 0 Å². The molecule has 2 aliphatic rings. The van der Waals surface area contributed by atoms with E-state index in [1.54, 1.807) is 12.1 Å². The maximum absolute atomic E-state index is 13.8. The monoisotopic (exact) mass is 262 g/mol. The molecule has 1 saturated carbocycles. The fourth-order valence-corrected chi connectivity index (χ4v) is 2.89. The number of piperidine rings is 1. The zero-order valence-electron chi connectivity index (χ0n) is 11.7. The van der Waals surface area contributed by atoms with E-state index in [9.17, 15) is 4.39 Å². The highest BCUT2D eigenvalue weighted by molar-refractivity contribution is 5.49. The molecule has 0 bridgehead atoms. The Morgan fingerprint density at radius 1 is 1.26 bits per heavy atom. The van der Waals surface area contributed by atoms with Crippen molar-refractivity contribution >= 4 is 5.69 Å². The first-order valence-electron chi connectivity index (χ1n) is 7.48. The second-order valence-corrected chi connectivity index (χ2v) is 6.17. The summed E-state index contributed by atoms with van der Waals surface area (Å²) in [7, 11) is 0. The van der Waals surface area contributed by atoms with Gasteiger partial charge in [-0.1, -0.05) is 6.92 Å². The van der Waals surface area contributed by atoms with Gasteiger partial charge in [0, 0.05) is 31.4 Å². The molecular formula is C16H23FN2. The van der Waals surface area contributed by atoms with Crippen molar-refractivity contribution in [1.29, 1.82) is 0 Å². The molecule has 2 nitrogen and oxygen atoms in total. The van der Waals surface area contributed by atoms with E-state index in [1.807, 2.05) is 0 Å². The smallest absolute Gasteiger partial charge is 0.125 e. The van der Waals surface area contributed by atoms with Gasteiger partial charge in [-0.25, -0.2) is 4.39 Å². The van der Waals surface area contributed by atoms with Crippen LogP contribution in [0.3, 0.4) is 0 Å². The van der Waals surface area contributed by atoms with Gasteiger partial charge in [0.15, 0.2) is 0 Å². The first-order chi connectivity index (χ1) is 9.20. The molecule has 1 aliphatic heterocycles. The molecule has 1 heterocycles. The highest BCUT2D eigenvalue weighted by Crippen LogP contribution is 2.25. The number of nitrogens with zero attached hydrogens (tertiary/aromatic N) is 1. The molecule has 2 fully saturated rings. The molecule has 1 aromatic rings. The first-order valence-corrected chi connectivity index (χ1v) is 7.48. The fraction of sp³-hybridized carbons (Fsp3) is 0.625. The van der Waals surface area contributed by atoms with E-state index in [-0.39, 0.29) is 5.82 Å². The number of hydrogen-bond donors (Lipinski definition) is 1. The molecule has 1 saturated heterocycles. The largest absolute Gasteiger partial charge is 0.371 e. The molecular weight excluding hydrogens is 239 g/mol. The van der Waals surface area contributed by atoms with Crippen molar-refractivity contribution in [2.75, 3.05) is 18.0 Å². The maximum atomic E-state index is 13.8. The van der Waals surface area contributed by atoms with Crippen LogP contribution in [0, 0.1) is 11.7 Å². The molecule has 3 heteroatoms. The molecule has 0 amide bonds. The third-order valence-corrected chi connectivity index (χ3v) is 4.14. The van der Waals surface area contributed by atoms with Crippen molar-refractivity contribution in [3.8, 4) is 0 Å². The van der Waals surface area contributed by atoms with Gasteiger partial charge >= 0.3 is 0 Å². The lowest BCUT2D eigenvalue weighted by Crippen LogP contribution is -2.34. The number of halogens is 1. The first kappa shape index (κ1) is 12.9. The van der Waals surface area contributed by atoms with Gasteiger partial charge in [-0.3, -0.25) is 0 Å². The topological polar surface area (TPSA) is 15.3 Å². The van der Waals surface area contributed by atoms with Crippen LogP contribution in [-0.4, -0.2) is 19.1 Å². The highest BCUT2D eigenvalue weighted by atomic mass is 19.1. The van der Waals surface area contributed by atoms with Crippen LogP contribution >= 0.6 is 0 Å². The molecule has 0 aromatic heterocycles. The standard InChI is InChI=1S/C16H23FN2/c1-12-3-2-6-19(11-12)16-8-13(7-14(17)9-16)10-18-15-4-5-15/h7-9,12,15,18H,2-6,10-11H2,1H3. The zero-order valence-corrected chi connectivity index (χ0v) is 11.7. The lowest BCUT2D eigenvalue weighted by Gasteiger charge is -2.33. The van der Waals surface area contributed by atoms with Gasteiger partial charge in [0.1, 0.15) is 5.82 Å². The number of rotatable bonds is 4. The summed E-state index contributed by atoms with van der Waals surface area (Å²) in [5, 5.41) is 3.45. The molecule has 1 aromatic carbocycles. The minimum Gasteiger partial charge on any atom is -0.371 e. The molecule has 1 N–H and O–H groups in total. The van der Waals surface area contributed by atoms with Crippen LogP contribution in [0.15, 0.2) is 18.2 Å². The number of anilines is 1. The van der Waals surface area contributed by atoms with Gasteiger partial charge in [-0.2, -0.15) is 0 Å². The lowest BCUT2D eigenvalue weighted by atomic mass is 9.99. The predicted molar refractivity (Wildman–Crippen MR) is 76.9 cm³/mol. The Kier molecular flexibility index (Phi) is 3.74. The molecule has 1 unspecified atom stereocenters. The lowest BCUT2D eigenvalue weighted by molar-refractivity contribution is 0.446. The normalized spacial score (nSPS) is 23.7. The summed E-state index contributed by atoms with van der Waals surface area (Å²) in [6.45, 7) is 5.18. The second kappa shape index (κ2) is 5.49. The third kappa shape index (κ3) is 3.47. The van der Waals surface area contributed by atoms with Crippen LogP contribution < -0.4 is 10.2 Å². The summed E-state index contributed by atoms with van der Waals surface area (Å²) in [5.74, 6) is 0.605. The van der Waals surface area contributed by atoms with Crippen molar-refractivity contribution in [1.82, 2.24) is 5.32 Å². The Hall–Kier alpha value is -1.09. The quantitative estimate of drug-likeness (QED) is 0.895. The van der Waals surface area contributed by atoms with Crippen LogP contribution in [0.25, 0.3) is 0 Å². The second-order valence-electron chi connectivity index (χ2n) is 6.17. The van der Waals surface area contributed by atoms with E-state index in [4.69, 9.17) is 0 Å². The number of hydrogen-bond acceptors (Lipinski definition) is 2. The maximum Gasteiger partial charge on any atom is 0.125 e. The van der Waals surface area contributed by atoms with Gasteiger partial charge in [0.25, 0.3) is 0 Å². The van der Waals surface area contributed by atoms with Crippen molar-refractivity contribution < 1.29 is 4.39 Å². The van der Waals surface area contributed by atoms with Crippen LogP contribution in [0.1, 0.15) is 38.2 Å². The van der Waals surface area contributed by atoms with Gasteiger partial charge in [0.2, 0.25) is 0 Å². The van der Waals surface area contributed by atoms with Gasteiger partial charge in [0.05, 0.1) is 0 Å². The summed E-state index contributed by atoms with van der Waals surface area (Å²) in [4.78, 5) is 2.33. The van der Waals surface area contributed by atoms with E-state index in [0.717, 1.165) is 30.9 Å². The predicted octanol–water partition coefficient (Wildman–Crippen LogP) is 3.31. The van der Waals surface area contributed by atoms with Crippen LogP contribution in [0.2, 0.25) is 0 Å². The van der Waals surface area contributed by atoms with Crippen molar-refractivity contribution in [3.63, 3.8) is 0 Å². The molecule has 19 heavy (non-hydrogen) atoms. The van der Waals surface area contributed by atoms with Gasteiger partial charge in [-0.05, 0) is 55.4 Å². The summed E-state index contributed by atoms with van der Waals surface area (Å²) >= 11 is 0. The minimum absolute atomic E-state index is 0.108. The molecule has 0 radical (unpaired) electrons. The Bertz CT molecular complexity index is 442. The third-order valence-electron chi connectivity index (χ3n) is 4.14. The highest BCUT2D eigenvalue weighted by Gasteiger charge is 2.21. The summed E-state index contributed by atoms with van der Waals surface area (Å²) in [6, 6.07) is 6.16. The summed E-state index contributed by atoms with van der Waals surface area (Å²) in [5.41, 5.74) is 2.12. The van der Waals surface area contributed by atoms with E-state index < -0.39 is 0 Å². The van der Waals surface area contributed by atoms with E-state index in [1.165, 1.54) is 25.7 Å². The SMILES string of the molecule is CC1CCCN(c2cc(F)cc(CNC3CC3)c2)C1. The molecule has 1 aliphatic carbocycles. The van der Waals surface area contributed by atoms with Crippen LogP contribution in [0.4, 0.5) is 10.1 Å². The van der Waals surface area contributed by atoms with Crippen molar-refractivity contribution in [3.05, 3.63) is 29.6 Å². The van der Waals surface area contributed by atoms with E-state index in [2.05, 4.69) is 23.2 Å². The minimum atomic E-state index is -0.108.